The number of ether oxygens (including phenoxy) is 2. The van der Waals surface area contributed by atoms with Crippen molar-refractivity contribution in [2.75, 3.05) is 50.2 Å². The Labute approximate surface area is 220 Å². The summed E-state index contributed by atoms with van der Waals surface area (Å²) in [5, 5.41) is 14.8. The highest BCUT2D eigenvalue weighted by Crippen LogP contribution is 2.37. The number of carbonyl (C=O) groups is 1. The van der Waals surface area contributed by atoms with E-state index in [9.17, 15) is 4.79 Å². The van der Waals surface area contributed by atoms with E-state index < -0.39 is 5.97 Å². The van der Waals surface area contributed by atoms with Crippen molar-refractivity contribution in [3.05, 3.63) is 71.2 Å². The molecule has 0 unspecified atom stereocenters. The van der Waals surface area contributed by atoms with Crippen LogP contribution in [0.5, 0.6) is 0 Å². The maximum Gasteiger partial charge on any atom is 0.338 e. The molecule has 2 aromatic heterocycles. The fourth-order valence-electron chi connectivity index (χ4n) is 3.73. The van der Waals surface area contributed by atoms with Gasteiger partial charge in [0, 0.05) is 49.3 Å². The molecule has 0 saturated carbocycles. The molecule has 37 heavy (non-hydrogen) atoms. The number of esters is 1. The van der Waals surface area contributed by atoms with E-state index >= 15 is 0 Å². The third-order valence-corrected chi connectivity index (χ3v) is 5.93. The molecule has 3 heterocycles. The van der Waals surface area contributed by atoms with Crippen molar-refractivity contribution in [2.24, 2.45) is 0 Å². The first kappa shape index (κ1) is 26.1. The zero-order valence-corrected chi connectivity index (χ0v) is 21.4. The predicted octanol–water partition coefficient (Wildman–Crippen LogP) is 4.05. The molecule has 192 valence electrons. The van der Waals surface area contributed by atoms with Gasteiger partial charge in [-0.05, 0) is 43.5 Å². The summed E-state index contributed by atoms with van der Waals surface area (Å²) >= 11 is 6.90. The van der Waals surface area contributed by atoms with Gasteiger partial charge in [-0.1, -0.05) is 17.7 Å². The SMILES string of the molecule is CCOC(=O)c1ccc(C(=N)/C=C\NC)cc1-c1nc(N2CCOCC2)nc(Nc2ccncc2)c1Cl. The van der Waals surface area contributed by atoms with Gasteiger partial charge in [-0.15, -0.1) is 0 Å². The first-order valence-electron chi connectivity index (χ1n) is 11.8. The fourth-order valence-corrected chi connectivity index (χ4v) is 3.96. The Morgan fingerprint density at radius 3 is 2.68 bits per heavy atom. The summed E-state index contributed by atoms with van der Waals surface area (Å²) in [4.78, 5) is 28.5. The zero-order chi connectivity index (χ0) is 26.2. The molecule has 0 amide bonds. The molecule has 3 aromatic rings. The molecule has 4 rings (SSSR count). The standard InChI is InChI=1S/C26H28ClN7O3/c1-3-37-25(35)19-5-4-17(21(28)8-9-29-2)16-20(19)23-22(27)24(31-18-6-10-30-11-7-18)33-26(32-23)34-12-14-36-15-13-34/h4-11,16,28-29H,3,12-15H2,1-2H3,(H,30,31,32,33)/b9-8-,28-21?. The number of carbonyl (C=O) groups excluding carboxylic acids is 1. The van der Waals surface area contributed by atoms with Gasteiger partial charge in [-0.3, -0.25) is 4.98 Å². The highest BCUT2D eigenvalue weighted by molar-refractivity contribution is 6.35. The van der Waals surface area contributed by atoms with Crippen LogP contribution in [0.4, 0.5) is 17.5 Å². The number of pyridine rings is 1. The third kappa shape index (κ3) is 6.22. The van der Waals surface area contributed by atoms with Crippen LogP contribution in [0.15, 0.2) is 55.0 Å². The number of halogens is 1. The minimum absolute atomic E-state index is 0.214. The van der Waals surface area contributed by atoms with Crippen LogP contribution in [-0.2, 0) is 9.47 Å². The topological polar surface area (TPSA) is 125 Å². The maximum atomic E-state index is 12.9. The van der Waals surface area contributed by atoms with Gasteiger partial charge in [0.1, 0.15) is 5.02 Å². The molecule has 3 N–H and O–H groups in total. The van der Waals surface area contributed by atoms with Crippen molar-refractivity contribution in [3.8, 4) is 11.3 Å². The van der Waals surface area contributed by atoms with E-state index in [4.69, 9.17) is 36.5 Å². The molecule has 0 radical (unpaired) electrons. The Balaban J connectivity index is 1.90. The van der Waals surface area contributed by atoms with Crippen molar-refractivity contribution in [1.29, 1.82) is 5.41 Å². The van der Waals surface area contributed by atoms with Crippen LogP contribution < -0.4 is 15.5 Å². The van der Waals surface area contributed by atoms with Crippen LogP contribution in [0.2, 0.25) is 5.02 Å². The van der Waals surface area contributed by atoms with Gasteiger partial charge in [-0.2, -0.15) is 4.98 Å². The lowest BCUT2D eigenvalue weighted by Gasteiger charge is -2.28. The molecular weight excluding hydrogens is 494 g/mol. The Bertz CT molecular complexity index is 1290. The first-order chi connectivity index (χ1) is 18.0. The molecule has 1 aliphatic heterocycles. The Kier molecular flexibility index (Phi) is 8.65. The van der Waals surface area contributed by atoms with Crippen LogP contribution >= 0.6 is 11.6 Å². The minimum Gasteiger partial charge on any atom is -0.462 e. The summed E-state index contributed by atoms with van der Waals surface area (Å²) in [6, 6.07) is 8.65. The predicted molar refractivity (Wildman–Crippen MR) is 144 cm³/mol. The molecule has 0 aliphatic carbocycles. The Morgan fingerprint density at radius 1 is 1.22 bits per heavy atom. The van der Waals surface area contributed by atoms with Crippen LogP contribution in [0.25, 0.3) is 11.3 Å². The first-order valence-corrected chi connectivity index (χ1v) is 12.2. The molecule has 0 bridgehead atoms. The lowest BCUT2D eigenvalue weighted by atomic mass is 9.98. The van der Waals surface area contributed by atoms with E-state index in [2.05, 4.69) is 15.6 Å². The quantitative estimate of drug-likeness (QED) is 0.282. The second-order valence-corrected chi connectivity index (χ2v) is 8.39. The van der Waals surface area contributed by atoms with Crippen LogP contribution in [0, 0.1) is 5.41 Å². The molecule has 1 saturated heterocycles. The highest BCUT2D eigenvalue weighted by atomic mass is 35.5. The van der Waals surface area contributed by atoms with Crippen LogP contribution in [-0.4, -0.2) is 66.6 Å². The lowest BCUT2D eigenvalue weighted by molar-refractivity contribution is 0.0527. The van der Waals surface area contributed by atoms with Gasteiger partial charge in [0.25, 0.3) is 0 Å². The number of nitrogens with one attached hydrogen (secondary N) is 3. The molecule has 11 heteroatoms. The number of morpholine rings is 1. The number of hydrogen-bond donors (Lipinski definition) is 3. The Hall–Kier alpha value is -4.02. The van der Waals surface area contributed by atoms with Crippen molar-refractivity contribution < 1.29 is 14.3 Å². The summed E-state index contributed by atoms with van der Waals surface area (Å²) in [7, 11) is 1.75. The van der Waals surface area contributed by atoms with Gasteiger partial charge >= 0.3 is 5.97 Å². The van der Waals surface area contributed by atoms with Gasteiger partial charge < -0.3 is 30.4 Å². The number of hydrogen-bond acceptors (Lipinski definition) is 10. The smallest absolute Gasteiger partial charge is 0.338 e. The molecule has 1 aromatic carbocycles. The summed E-state index contributed by atoms with van der Waals surface area (Å²) in [5.41, 5.74) is 2.66. The van der Waals surface area contributed by atoms with Crippen molar-refractivity contribution in [1.82, 2.24) is 20.3 Å². The monoisotopic (exact) mass is 521 g/mol. The number of nitrogens with zero attached hydrogens (tertiary/aromatic N) is 4. The summed E-state index contributed by atoms with van der Waals surface area (Å²) in [6.45, 7) is 4.28. The summed E-state index contributed by atoms with van der Waals surface area (Å²) in [6.07, 6.45) is 6.61. The summed E-state index contributed by atoms with van der Waals surface area (Å²) < 4.78 is 10.8. The average molecular weight is 522 g/mol. The minimum atomic E-state index is -0.507. The molecular formula is C26H28ClN7O3. The van der Waals surface area contributed by atoms with E-state index in [1.165, 1.54) is 0 Å². The molecule has 10 nitrogen and oxygen atoms in total. The van der Waals surface area contributed by atoms with Crippen molar-refractivity contribution >= 4 is 40.7 Å². The van der Waals surface area contributed by atoms with E-state index in [1.807, 2.05) is 4.90 Å². The Morgan fingerprint density at radius 2 is 1.97 bits per heavy atom. The average Bonchev–Trinajstić information content (AvgIpc) is 2.93. The third-order valence-electron chi connectivity index (χ3n) is 5.57. The van der Waals surface area contributed by atoms with Gasteiger partial charge in [0.15, 0.2) is 5.82 Å². The van der Waals surface area contributed by atoms with Gasteiger partial charge in [-0.25, -0.2) is 9.78 Å². The number of rotatable bonds is 9. The highest BCUT2D eigenvalue weighted by Gasteiger charge is 2.24. The van der Waals surface area contributed by atoms with E-state index in [1.54, 1.807) is 69.0 Å². The number of allylic oxidation sites excluding steroid dienone is 1. The van der Waals surface area contributed by atoms with Crippen molar-refractivity contribution in [2.45, 2.75) is 6.92 Å². The zero-order valence-electron chi connectivity index (χ0n) is 20.6. The number of anilines is 3. The molecule has 0 atom stereocenters. The second-order valence-electron chi connectivity index (χ2n) is 8.01. The molecule has 1 fully saturated rings. The normalized spacial score (nSPS) is 13.4. The van der Waals surface area contributed by atoms with Crippen molar-refractivity contribution in [3.63, 3.8) is 0 Å². The van der Waals surface area contributed by atoms with Gasteiger partial charge in [0.05, 0.1) is 36.8 Å². The number of aromatic nitrogens is 3. The summed E-state index contributed by atoms with van der Waals surface area (Å²) in [5.74, 6) is 0.321. The maximum absolute atomic E-state index is 12.9. The largest absolute Gasteiger partial charge is 0.462 e. The van der Waals surface area contributed by atoms with E-state index in [-0.39, 0.29) is 17.3 Å². The van der Waals surface area contributed by atoms with E-state index in [0.717, 1.165) is 5.69 Å². The fraction of sp³-hybridized carbons (Fsp3) is 0.269. The molecule has 0 spiro atoms. The van der Waals surface area contributed by atoms with E-state index in [0.29, 0.717) is 60.5 Å². The molecule has 1 aliphatic rings. The van der Waals surface area contributed by atoms with Crippen LogP contribution in [0.1, 0.15) is 22.8 Å². The van der Waals surface area contributed by atoms with Crippen LogP contribution in [0.3, 0.4) is 0 Å². The lowest BCUT2D eigenvalue weighted by Crippen LogP contribution is -2.37. The number of benzene rings is 1. The second kappa shape index (κ2) is 12.3. The van der Waals surface area contributed by atoms with Gasteiger partial charge in [0.2, 0.25) is 5.95 Å².